The van der Waals surface area contributed by atoms with Gasteiger partial charge in [0, 0.05) is 52.7 Å². The number of benzene rings is 3. The van der Waals surface area contributed by atoms with Crippen molar-refractivity contribution >= 4 is 39.8 Å². The van der Waals surface area contributed by atoms with Crippen LogP contribution in [0.15, 0.2) is 108 Å². The first-order valence-corrected chi connectivity index (χ1v) is 13.7. The minimum Gasteiger partial charge on any atom is -0.347 e. The number of allylic oxidation sites excluding steroid dienone is 8. The molecule has 0 saturated carbocycles. The van der Waals surface area contributed by atoms with Crippen molar-refractivity contribution in [1.29, 1.82) is 0 Å². The SMILES string of the molecule is CN1C(=CC=C2C(Cl)=C(C=CC3=[N+](C)c4ccccc4C3(C)C)c3ccccc32)C(C)(C)c2ccccc21. The van der Waals surface area contributed by atoms with Gasteiger partial charge in [-0.25, -0.2) is 0 Å². The minimum atomic E-state index is -0.0796. The molecule has 0 aromatic heterocycles. The fourth-order valence-electron chi connectivity index (χ4n) is 6.59. The lowest BCUT2D eigenvalue weighted by Crippen LogP contribution is -2.26. The predicted molar refractivity (Wildman–Crippen MR) is 163 cm³/mol. The first-order valence-electron chi connectivity index (χ1n) is 13.3. The zero-order valence-corrected chi connectivity index (χ0v) is 23.8. The van der Waals surface area contributed by atoms with Crippen LogP contribution in [0.25, 0.3) is 11.1 Å². The van der Waals surface area contributed by atoms with Gasteiger partial charge < -0.3 is 4.90 Å². The average molecular weight is 518 g/mol. The second-order valence-corrected chi connectivity index (χ2v) is 11.9. The molecule has 3 aromatic carbocycles. The van der Waals surface area contributed by atoms with E-state index in [1.165, 1.54) is 45.0 Å². The van der Waals surface area contributed by atoms with Gasteiger partial charge in [-0.15, -0.1) is 0 Å². The van der Waals surface area contributed by atoms with Crippen molar-refractivity contribution in [1.82, 2.24) is 0 Å². The van der Waals surface area contributed by atoms with Crippen LogP contribution in [0.5, 0.6) is 0 Å². The van der Waals surface area contributed by atoms with E-state index < -0.39 is 0 Å². The Morgan fingerprint density at radius 3 is 2.08 bits per heavy atom. The molecule has 0 unspecified atom stereocenters. The summed E-state index contributed by atoms with van der Waals surface area (Å²) in [6.45, 7) is 9.18. The molecular formula is C35H34ClN2+. The average Bonchev–Trinajstić information content (AvgIpc) is 3.37. The lowest BCUT2D eigenvalue weighted by atomic mass is 9.81. The molecule has 2 heterocycles. The minimum absolute atomic E-state index is 0.0796. The van der Waals surface area contributed by atoms with E-state index in [-0.39, 0.29) is 10.8 Å². The molecule has 6 rings (SSSR count). The summed E-state index contributed by atoms with van der Waals surface area (Å²) in [5.41, 5.74) is 12.1. The van der Waals surface area contributed by atoms with Crippen LogP contribution in [0.2, 0.25) is 0 Å². The third-order valence-corrected chi connectivity index (χ3v) is 9.08. The van der Waals surface area contributed by atoms with Gasteiger partial charge in [-0.05, 0) is 48.8 Å². The summed E-state index contributed by atoms with van der Waals surface area (Å²) >= 11 is 7.17. The summed E-state index contributed by atoms with van der Waals surface area (Å²) in [6, 6.07) is 25.9. The van der Waals surface area contributed by atoms with Gasteiger partial charge >= 0.3 is 0 Å². The van der Waals surface area contributed by atoms with Crippen molar-refractivity contribution < 1.29 is 4.58 Å². The summed E-state index contributed by atoms with van der Waals surface area (Å²) in [6.07, 6.45) is 8.91. The summed E-state index contributed by atoms with van der Waals surface area (Å²) in [4.78, 5) is 2.30. The Morgan fingerprint density at radius 1 is 0.737 bits per heavy atom. The van der Waals surface area contributed by atoms with Crippen LogP contribution in [0, 0.1) is 0 Å². The number of hydrogen-bond donors (Lipinski definition) is 0. The van der Waals surface area contributed by atoms with Gasteiger partial charge in [0.25, 0.3) is 0 Å². The number of likely N-dealkylation sites (N-methyl/N-ethyl adjacent to an activating group) is 1. The lowest BCUT2D eigenvalue weighted by molar-refractivity contribution is -0.401. The Labute approximate surface area is 231 Å². The Hall–Kier alpha value is -3.62. The van der Waals surface area contributed by atoms with E-state index in [0.29, 0.717) is 0 Å². The van der Waals surface area contributed by atoms with Crippen molar-refractivity contribution in [3.63, 3.8) is 0 Å². The molecule has 3 heteroatoms. The summed E-state index contributed by atoms with van der Waals surface area (Å²) < 4.78 is 2.30. The molecule has 0 saturated heterocycles. The van der Waals surface area contributed by atoms with Crippen LogP contribution in [0.3, 0.4) is 0 Å². The van der Waals surface area contributed by atoms with Crippen LogP contribution in [0.4, 0.5) is 11.4 Å². The second-order valence-electron chi connectivity index (χ2n) is 11.5. The third-order valence-electron chi connectivity index (χ3n) is 8.68. The lowest BCUT2D eigenvalue weighted by Gasteiger charge is -2.23. The van der Waals surface area contributed by atoms with E-state index >= 15 is 0 Å². The number of anilines is 1. The predicted octanol–water partition coefficient (Wildman–Crippen LogP) is 8.61. The number of para-hydroxylation sites is 2. The highest BCUT2D eigenvalue weighted by atomic mass is 35.5. The van der Waals surface area contributed by atoms with Gasteiger partial charge in [0.1, 0.15) is 7.05 Å². The van der Waals surface area contributed by atoms with Gasteiger partial charge in [-0.3, -0.25) is 0 Å². The van der Waals surface area contributed by atoms with E-state index in [4.69, 9.17) is 11.6 Å². The Kier molecular flexibility index (Phi) is 5.66. The molecule has 2 aliphatic heterocycles. The van der Waals surface area contributed by atoms with Crippen molar-refractivity contribution in [2.24, 2.45) is 0 Å². The molecule has 0 spiro atoms. The molecule has 0 radical (unpaired) electrons. The summed E-state index contributed by atoms with van der Waals surface area (Å²) in [5, 5.41) is 0.798. The molecule has 1 aliphatic carbocycles. The van der Waals surface area contributed by atoms with Gasteiger partial charge in [-0.1, -0.05) is 92.2 Å². The molecule has 3 aliphatic rings. The Bertz CT molecular complexity index is 1640. The molecular weight excluding hydrogens is 484 g/mol. The molecule has 2 nitrogen and oxygen atoms in total. The maximum atomic E-state index is 7.17. The smallest absolute Gasteiger partial charge is 0.209 e. The van der Waals surface area contributed by atoms with Gasteiger partial charge in [0.05, 0.1) is 10.4 Å². The first kappa shape index (κ1) is 24.7. The van der Waals surface area contributed by atoms with Crippen LogP contribution in [-0.4, -0.2) is 24.4 Å². The molecule has 0 amide bonds. The van der Waals surface area contributed by atoms with Crippen molar-refractivity contribution in [3.05, 3.63) is 130 Å². The first-order chi connectivity index (χ1) is 18.1. The topological polar surface area (TPSA) is 6.25 Å². The third kappa shape index (κ3) is 3.50. The Balaban J connectivity index is 1.42. The molecule has 38 heavy (non-hydrogen) atoms. The summed E-state index contributed by atoms with van der Waals surface area (Å²) in [7, 11) is 4.31. The molecule has 3 aromatic rings. The molecule has 190 valence electrons. The van der Waals surface area contributed by atoms with E-state index in [9.17, 15) is 0 Å². The fraction of sp³-hybridized carbons (Fsp3) is 0.229. The van der Waals surface area contributed by atoms with Crippen molar-refractivity contribution in [2.75, 3.05) is 19.0 Å². The van der Waals surface area contributed by atoms with E-state index in [2.05, 4.69) is 148 Å². The molecule has 0 bridgehead atoms. The maximum Gasteiger partial charge on any atom is 0.209 e. The fourth-order valence-corrected chi connectivity index (χ4v) is 6.92. The number of halogens is 1. The molecule has 0 atom stereocenters. The highest BCUT2D eigenvalue weighted by Gasteiger charge is 2.43. The standard InChI is InChI=1S/C35H34ClN2/c1-34(2)27-15-9-11-17-29(27)37(5)31(34)21-19-25-23-13-7-8-14-24(23)26(33(25)36)20-22-32-35(3,4)28-16-10-12-18-30(28)38(32)6/h7-22H,1-6H3/q+1. The number of nitrogens with zero attached hydrogens (tertiary/aromatic N) is 2. The molecule has 0 N–H and O–H groups in total. The maximum absolute atomic E-state index is 7.17. The second kappa shape index (κ2) is 8.71. The van der Waals surface area contributed by atoms with Crippen LogP contribution >= 0.6 is 11.6 Å². The highest BCUT2D eigenvalue weighted by molar-refractivity contribution is 6.42. The highest BCUT2D eigenvalue weighted by Crippen LogP contribution is 2.48. The number of rotatable bonds is 3. The van der Waals surface area contributed by atoms with Gasteiger partial charge in [-0.2, -0.15) is 4.58 Å². The number of fused-ring (bicyclic) bond motifs is 3. The summed E-state index contributed by atoms with van der Waals surface area (Å²) in [5.74, 6) is 0. The van der Waals surface area contributed by atoms with Crippen molar-refractivity contribution in [2.45, 2.75) is 38.5 Å². The van der Waals surface area contributed by atoms with Crippen LogP contribution in [0.1, 0.15) is 49.9 Å². The number of hydrogen-bond acceptors (Lipinski definition) is 1. The zero-order chi connectivity index (χ0) is 26.8. The quantitative estimate of drug-likeness (QED) is 0.315. The van der Waals surface area contributed by atoms with E-state index in [0.717, 1.165) is 16.2 Å². The van der Waals surface area contributed by atoms with E-state index in [1.54, 1.807) is 0 Å². The molecule has 0 fully saturated rings. The largest absolute Gasteiger partial charge is 0.347 e. The van der Waals surface area contributed by atoms with Gasteiger partial charge in [0.2, 0.25) is 5.69 Å². The van der Waals surface area contributed by atoms with Gasteiger partial charge in [0.15, 0.2) is 5.71 Å². The Morgan fingerprint density at radius 2 is 1.37 bits per heavy atom. The monoisotopic (exact) mass is 517 g/mol. The van der Waals surface area contributed by atoms with Crippen molar-refractivity contribution in [3.8, 4) is 0 Å². The normalized spacial score (nSPS) is 21.2. The van der Waals surface area contributed by atoms with Crippen LogP contribution < -0.4 is 4.90 Å². The van der Waals surface area contributed by atoms with Crippen LogP contribution in [-0.2, 0) is 10.8 Å². The van der Waals surface area contributed by atoms with E-state index in [1.807, 2.05) is 0 Å². The zero-order valence-electron chi connectivity index (χ0n) is 23.0.